The summed E-state index contributed by atoms with van der Waals surface area (Å²) >= 11 is -0.468. The van der Waals surface area contributed by atoms with E-state index in [2.05, 4.69) is 285 Å². The van der Waals surface area contributed by atoms with E-state index in [9.17, 15) is 0 Å². The second-order valence-corrected chi connectivity index (χ2v) is 41.7. The molecule has 0 spiro atoms. The zero-order valence-corrected chi connectivity index (χ0v) is 65.2. The van der Waals surface area contributed by atoms with E-state index >= 15 is 0 Å². The standard InChI is InChI=1S/C27H36N3.C12H29Si2.C9H21Si.C8H5.3C4H10O2.Al.Na/c1-17(2)21-11-9-12-22(18(3)4)25(21)29-15-16-30(27(29)28)26-23(19(5)6)13-10-14-24(26)20(7)8;1-10(2,3)14(13,11(4,5)6)12(7,8)9;1-8(2,3)10(7)9(4,5)6;1-2-8-6-4-3-5-7-8;3*1-5-3-4-6-2;;/h9-20H,1-8H3;13H2,1-9H3;1-7H3;3-7H;3*3-4H2,1-2H3;;/q-1;;;;;;;;+1. The molecule has 14 heteroatoms. The van der Waals surface area contributed by atoms with E-state index in [1.165, 1.54) is 33.6 Å². The van der Waals surface area contributed by atoms with Crippen LogP contribution in [0.15, 0.2) is 83.1 Å². The van der Waals surface area contributed by atoms with E-state index in [1.54, 1.807) is 42.7 Å². The van der Waals surface area contributed by atoms with Gasteiger partial charge in [-0.1, -0.05) is 220 Å². The third kappa shape index (κ3) is 29.2. The first kappa shape index (κ1) is 84.4. The van der Waals surface area contributed by atoms with E-state index in [1.807, 2.05) is 18.2 Å². The summed E-state index contributed by atoms with van der Waals surface area (Å²) in [6.45, 7) is 60.8. The Morgan fingerprint density at radius 2 is 0.744 bits per heavy atom. The van der Waals surface area contributed by atoms with Crippen molar-refractivity contribution in [3.8, 4) is 22.1 Å². The summed E-state index contributed by atoms with van der Waals surface area (Å²) < 4.78 is 37.9. The molecule has 9 nitrogen and oxygen atoms in total. The number of hydrogen-bond acceptors (Lipinski definition) is 7. The molecular weight excluding hydrogens is 1090 g/mol. The fourth-order valence-corrected chi connectivity index (χ4v) is 19.8. The maximum Gasteiger partial charge on any atom is 1.00 e. The third-order valence-electron chi connectivity index (χ3n) is 14.8. The number of para-hydroxylation sites is 2. The van der Waals surface area contributed by atoms with Crippen LogP contribution in [0.2, 0.25) is 31.7 Å². The van der Waals surface area contributed by atoms with Crippen LogP contribution in [-0.2, 0) is 28.4 Å². The Hall–Kier alpha value is -1.83. The van der Waals surface area contributed by atoms with Crippen molar-refractivity contribution >= 4 is 41.6 Å². The minimum Gasteiger partial charge on any atom is -0.580 e. The van der Waals surface area contributed by atoms with E-state index in [0.29, 0.717) is 88.5 Å². The second kappa shape index (κ2) is 41.3. The van der Waals surface area contributed by atoms with Crippen molar-refractivity contribution in [3.05, 3.63) is 113 Å². The molecular formula is C68H121AlN3NaO6Si3. The molecule has 82 heavy (non-hydrogen) atoms. The molecule has 4 aromatic rings. The predicted molar refractivity (Wildman–Crippen MR) is 362 cm³/mol. The van der Waals surface area contributed by atoms with Gasteiger partial charge in [-0.2, -0.15) is 0 Å². The van der Waals surface area contributed by atoms with Crippen LogP contribution in [0.25, 0.3) is 11.4 Å². The van der Waals surface area contributed by atoms with Gasteiger partial charge in [0.05, 0.1) is 67.4 Å². The summed E-state index contributed by atoms with van der Waals surface area (Å²) in [6.07, 6.45) is 4.41. The number of methoxy groups -OCH3 is 6. The molecule has 0 N–H and O–H groups in total. The van der Waals surface area contributed by atoms with E-state index < -0.39 is 23.0 Å². The van der Waals surface area contributed by atoms with Crippen molar-refractivity contribution in [2.24, 2.45) is 3.98 Å². The van der Waals surface area contributed by atoms with Crippen LogP contribution < -0.4 is 35.2 Å². The molecule has 1 aromatic heterocycles. The molecule has 0 unspecified atom stereocenters. The molecule has 0 saturated heterocycles. The molecule has 3 aromatic carbocycles. The van der Waals surface area contributed by atoms with Crippen molar-refractivity contribution in [2.45, 2.75) is 215 Å². The number of imidazole rings is 1. The van der Waals surface area contributed by atoms with Crippen LogP contribution in [0.3, 0.4) is 0 Å². The third-order valence-corrected chi connectivity index (χ3v) is 37.1. The van der Waals surface area contributed by atoms with E-state index in [0.717, 1.165) is 11.2 Å². The molecule has 0 bridgehead atoms. The summed E-state index contributed by atoms with van der Waals surface area (Å²) in [5, 5.41) is 2.51. The Morgan fingerprint density at radius 1 is 0.476 bits per heavy atom. The van der Waals surface area contributed by atoms with Crippen molar-refractivity contribution in [2.75, 3.05) is 82.3 Å². The average molecular weight is 1210 g/mol. The first-order valence-electron chi connectivity index (χ1n) is 29.5. The Kier molecular flexibility index (Phi) is 42.5. The Bertz CT molecular complexity index is 2210. The second-order valence-electron chi connectivity index (χ2n) is 27.2. The van der Waals surface area contributed by atoms with Gasteiger partial charge in [0.1, 0.15) is 0 Å². The normalized spacial score (nSPS) is 11.9. The van der Waals surface area contributed by atoms with E-state index in [-0.39, 0.29) is 38.4 Å². The minimum atomic E-state index is -1.33. The first-order valence-corrected chi connectivity index (χ1v) is 36.9. The zero-order chi connectivity index (χ0) is 63.2. The Morgan fingerprint density at radius 3 is 0.939 bits per heavy atom. The van der Waals surface area contributed by atoms with Gasteiger partial charge in [0.25, 0.3) is 0 Å². The average Bonchev–Trinajstić information content (AvgIpc) is 3.98. The number of ether oxygens (including phenoxy) is 6. The fourth-order valence-electron chi connectivity index (χ4n) is 10.2. The van der Waals surface area contributed by atoms with Crippen molar-refractivity contribution in [1.29, 1.82) is 0 Å². The maximum absolute atomic E-state index is 5.27. The first-order chi connectivity index (χ1) is 37.3. The van der Waals surface area contributed by atoms with Gasteiger partial charge < -0.3 is 37.2 Å². The van der Waals surface area contributed by atoms with Gasteiger partial charge in [-0.3, -0.25) is 9.13 Å². The smallest absolute Gasteiger partial charge is 0.580 e. The zero-order valence-electron chi connectivity index (χ0n) is 58.6. The molecule has 0 aliphatic rings. The monoisotopic (exact) mass is 1210 g/mol. The van der Waals surface area contributed by atoms with Crippen LogP contribution in [0.1, 0.15) is 211 Å². The van der Waals surface area contributed by atoms with Crippen molar-refractivity contribution < 1.29 is 58.0 Å². The Labute approximate surface area is 540 Å². The molecule has 1 heterocycles. The minimum absolute atomic E-state index is 0. The largest absolute Gasteiger partial charge is 1.00 e. The van der Waals surface area contributed by atoms with Gasteiger partial charge in [0, 0.05) is 85.8 Å². The molecule has 0 aliphatic heterocycles. The molecule has 0 fully saturated rings. The van der Waals surface area contributed by atoms with Gasteiger partial charge in [-0.25, -0.2) is 0 Å². The Balaban J connectivity index is -0.00000118. The summed E-state index contributed by atoms with van der Waals surface area (Å²) in [6, 6.07) is 23.7. The maximum atomic E-state index is 5.27. The van der Waals surface area contributed by atoms with Crippen LogP contribution in [0, 0.1) is 10.7 Å². The van der Waals surface area contributed by atoms with Gasteiger partial charge in [-0.15, -0.1) is 5.92 Å². The van der Waals surface area contributed by atoms with Gasteiger partial charge in [0.15, 0.2) is 5.62 Å². The number of rotatable bonds is 16. The quantitative estimate of drug-likeness (QED) is 0.0632. The molecule has 460 valence electrons. The molecule has 0 saturated carbocycles. The van der Waals surface area contributed by atoms with Crippen LogP contribution in [0.4, 0.5) is 0 Å². The number of nitrogens with zero attached hydrogens (tertiary/aromatic N) is 3. The number of hydrogen-bond donors (Lipinski definition) is 0. The fraction of sp³-hybridized carbons (Fsp3) is 0.662. The summed E-state index contributed by atoms with van der Waals surface area (Å²) in [7, 11) is 10.7. The summed E-state index contributed by atoms with van der Waals surface area (Å²) in [5.74, 6) is 4.88. The number of aromatic nitrogens is 2. The number of benzene rings is 3. The van der Waals surface area contributed by atoms with Crippen LogP contribution >= 0.6 is 0 Å². The predicted octanol–water partition coefficient (Wildman–Crippen LogP) is 13.8. The van der Waals surface area contributed by atoms with Crippen LogP contribution in [-0.4, -0.2) is 133 Å². The van der Waals surface area contributed by atoms with Gasteiger partial charge >= 0.3 is 29.6 Å². The van der Waals surface area contributed by atoms with Gasteiger partial charge in [0.2, 0.25) is 0 Å². The molecule has 4 radical (unpaired) electrons. The van der Waals surface area contributed by atoms with Crippen LogP contribution in [0.5, 0.6) is 0 Å². The SMILES string of the molecule is CC(C)(C)[Si]([SiH2])(C(C)(C)C)C(C)(C)C.CC(C)c1cccc(C(C)C)c1-n1ccn(-c2c(C(C)C)cccc2C(C)C)c1=[N][Al-][C]#Cc1ccccc1.COCCOC.COCCOC.COCCOC.C[Si](C(C)(C)C)C(C)(C)C.[Na+]. The summed E-state index contributed by atoms with van der Waals surface area (Å²) in [5.41, 5.74) is 9.84. The summed E-state index contributed by atoms with van der Waals surface area (Å²) in [4.78, 5) is 3.39. The topological polar surface area (TPSA) is 77.6 Å². The van der Waals surface area contributed by atoms with Crippen molar-refractivity contribution in [1.82, 2.24) is 9.13 Å². The van der Waals surface area contributed by atoms with Crippen molar-refractivity contribution in [3.63, 3.8) is 0 Å². The van der Waals surface area contributed by atoms with Gasteiger partial charge in [-0.05, 0) is 83.2 Å². The molecule has 0 amide bonds. The molecule has 0 atom stereocenters. The molecule has 4 rings (SSSR count). The van der Waals surface area contributed by atoms with E-state index in [4.69, 9.17) is 3.98 Å². The molecule has 0 aliphatic carbocycles.